The maximum Gasteiger partial charge on any atom is 0.161 e. The fourth-order valence-electron chi connectivity index (χ4n) is 1.23. The summed E-state index contributed by atoms with van der Waals surface area (Å²) >= 11 is 3.26. The highest BCUT2D eigenvalue weighted by Gasteiger charge is 2.11. The summed E-state index contributed by atoms with van der Waals surface area (Å²) in [7, 11) is 0. The topological polar surface area (TPSA) is 34.1 Å². The number of halogens is 1. The number of hydrogen-bond donors (Lipinski definition) is 0. The molecule has 1 rings (SSSR count). The second-order valence-electron chi connectivity index (χ2n) is 2.89. The monoisotopic (exact) mass is 240 g/mol. The van der Waals surface area contributed by atoms with Gasteiger partial charge in [-0.05, 0) is 31.5 Å². The molecule has 0 saturated heterocycles. The van der Waals surface area contributed by atoms with E-state index in [9.17, 15) is 9.59 Å². The van der Waals surface area contributed by atoms with Gasteiger partial charge in [0.25, 0.3) is 0 Å². The molecule has 0 aliphatic heterocycles. The Kier molecular flexibility index (Phi) is 2.98. The average Bonchev–Trinajstić information content (AvgIpc) is 2.01. The Morgan fingerprint density at radius 1 is 1.46 bits per heavy atom. The molecule has 68 valence electrons. The highest BCUT2D eigenvalue weighted by molar-refractivity contribution is 9.10. The smallest absolute Gasteiger partial charge is 0.161 e. The molecule has 0 fully saturated rings. The molecule has 1 aromatic carbocycles. The van der Waals surface area contributed by atoms with E-state index in [1.807, 2.05) is 13.0 Å². The van der Waals surface area contributed by atoms with Crippen LogP contribution >= 0.6 is 15.9 Å². The second-order valence-corrected chi connectivity index (χ2v) is 3.74. The number of Topliss-reactive ketones (excluding diaryl/α,β-unsaturated/α-hetero) is 1. The third-order valence-electron chi connectivity index (χ3n) is 1.74. The molecule has 0 saturated carbocycles. The summed E-state index contributed by atoms with van der Waals surface area (Å²) in [5.74, 6) is -0.103. The van der Waals surface area contributed by atoms with Crippen LogP contribution in [0.2, 0.25) is 0 Å². The van der Waals surface area contributed by atoms with Gasteiger partial charge in [0.1, 0.15) is 0 Å². The van der Waals surface area contributed by atoms with E-state index in [1.165, 1.54) is 6.92 Å². The lowest BCUT2D eigenvalue weighted by Crippen LogP contribution is -2.00. The molecule has 3 heteroatoms. The van der Waals surface area contributed by atoms with Gasteiger partial charge in [0, 0.05) is 15.6 Å². The maximum absolute atomic E-state index is 11.2. The molecular formula is C10H9BrO2. The summed E-state index contributed by atoms with van der Waals surface area (Å²) in [5, 5.41) is 0. The van der Waals surface area contributed by atoms with Crippen LogP contribution in [0.5, 0.6) is 0 Å². The molecule has 2 nitrogen and oxygen atoms in total. The molecule has 0 radical (unpaired) electrons. The van der Waals surface area contributed by atoms with Crippen LogP contribution in [0.4, 0.5) is 0 Å². The number of ketones is 1. The number of carbonyl (C=O) groups is 2. The van der Waals surface area contributed by atoms with E-state index in [0.29, 0.717) is 21.9 Å². The van der Waals surface area contributed by atoms with E-state index >= 15 is 0 Å². The van der Waals surface area contributed by atoms with Crippen molar-refractivity contribution in [2.24, 2.45) is 0 Å². The van der Waals surface area contributed by atoms with Crippen LogP contribution in [-0.2, 0) is 0 Å². The van der Waals surface area contributed by atoms with Crippen LogP contribution in [-0.4, -0.2) is 12.1 Å². The number of benzene rings is 1. The van der Waals surface area contributed by atoms with E-state index in [4.69, 9.17) is 0 Å². The number of hydrogen-bond acceptors (Lipinski definition) is 2. The first kappa shape index (κ1) is 10.1. The van der Waals surface area contributed by atoms with E-state index in [-0.39, 0.29) is 5.78 Å². The Balaban J connectivity index is 3.47. The number of rotatable bonds is 2. The summed E-state index contributed by atoms with van der Waals surface area (Å²) in [5.41, 5.74) is 1.86. The van der Waals surface area contributed by atoms with Gasteiger partial charge >= 0.3 is 0 Å². The van der Waals surface area contributed by atoms with Crippen LogP contribution in [0.3, 0.4) is 0 Å². The van der Waals surface area contributed by atoms with E-state index in [2.05, 4.69) is 15.9 Å². The summed E-state index contributed by atoms with van der Waals surface area (Å²) in [6, 6.07) is 3.53. The molecule has 13 heavy (non-hydrogen) atoms. The molecule has 0 aliphatic carbocycles. The van der Waals surface area contributed by atoms with Crippen molar-refractivity contribution in [3.05, 3.63) is 33.3 Å². The van der Waals surface area contributed by atoms with Crippen LogP contribution < -0.4 is 0 Å². The summed E-state index contributed by atoms with van der Waals surface area (Å²) in [6.07, 6.45) is 0.703. The van der Waals surface area contributed by atoms with E-state index in [0.717, 1.165) is 5.56 Å². The minimum absolute atomic E-state index is 0.103. The Bertz CT molecular complexity index is 369. The summed E-state index contributed by atoms with van der Waals surface area (Å²) in [6.45, 7) is 3.32. The fraction of sp³-hybridized carbons (Fsp3) is 0.200. The predicted octanol–water partition coefficient (Wildman–Crippen LogP) is 2.77. The summed E-state index contributed by atoms with van der Waals surface area (Å²) < 4.78 is 0.683. The lowest BCUT2D eigenvalue weighted by Gasteiger charge is -2.04. The van der Waals surface area contributed by atoms with Crippen molar-refractivity contribution < 1.29 is 9.59 Å². The second kappa shape index (κ2) is 3.83. The quantitative estimate of drug-likeness (QED) is 0.589. The first-order chi connectivity index (χ1) is 6.06. The Morgan fingerprint density at radius 3 is 2.54 bits per heavy atom. The molecule has 0 spiro atoms. The van der Waals surface area contributed by atoms with Crippen LogP contribution in [0.25, 0.3) is 0 Å². The highest BCUT2D eigenvalue weighted by Crippen LogP contribution is 2.22. The van der Waals surface area contributed by atoms with Gasteiger partial charge in [-0.1, -0.05) is 15.9 Å². The third kappa shape index (κ3) is 2.04. The van der Waals surface area contributed by atoms with Gasteiger partial charge < -0.3 is 0 Å². The van der Waals surface area contributed by atoms with Gasteiger partial charge in [0.2, 0.25) is 0 Å². The van der Waals surface area contributed by atoms with Crippen LogP contribution in [0.1, 0.15) is 33.2 Å². The van der Waals surface area contributed by atoms with Crippen molar-refractivity contribution in [1.82, 2.24) is 0 Å². The van der Waals surface area contributed by atoms with Gasteiger partial charge in [-0.2, -0.15) is 0 Å². The molecule has 0 amide bonds. The zero-order valence-corrected chi connectivity index (χ0v) is 9.01. The van der Waals surface area contributed by atoms with Crippen LogP contribution in [0, 0.1) is 6.92 Å². The van der Waals surface area contributed by atoms with Gasteiger partial charge in [-0.25, -0.2) is 0 Å². The third-order valence-corrected chi connectivity index (χ3v) is 2.37. The largest absolute Gasteiger partial charge is 0.298 e. The minimum atomic E-state index is -0.103. The van der Waals surface area contributed by atoms with Crippen molar-refractivity contribution in [2.45, 2.75) is 13.8 Å². The molecule has 0 unspecified atom stereocenters. The molecule has 0 heterocycles. The fourth-order valence-corrected chi connectivity index (χ4v) is 2.10. The lowest BCUT2D eigenvalue weighted by atomic mass is 10.0. The normalized spacial score (nSPS) is 9.77. The molecule has 0 aromatic heterocycles. The van der Waals surface area contributed by atoms with Crippen molar-refractivity contribution in [1.29, 1.82) is 0 Å². The zero-order valence-electron chi connectivity index (χ0n) is 7.43. The van der Waals surface area contributed by atoms with Gasteiger partial charge in [-0.3, -0.25) is 9.59 Å². The molecule has 0 N–H and O–H groups in total. The van der Waals surface area contributed by atoms with Crippen molar-refractivity contribution in [3.63, 3.8) is 0 Å². The minimum Gasteiger partial charge on any atom is -0.298 e. The SMILES string of the molecule is CC(=O)c1c(Br)cc(C)cc1C=O. The average molecular weight is 241 g/mol. The van der Waals surface area contributed by atoms with E-state index < -0.39 is 0 Å². The predicted molar refractivity (Wildman–Crippen MR) is 54.3 cm³/mol. The molecular weight excluding hydrogens is 232 g/mol. The molecule has 1 aromatic rings. The van der Waals surface area contributed by atoms with Gasteiger partial charge in [0.15, 0.2) is 12.1 Å². The number of aldehydes is 1. The van der Waals surface area contributed by atoms with Gasteiger partial charge in [0.05, 0.1) is 0 Å². The molecule has 0 aliphatic rings. The van der Waals surface area contributed by atoms with Crippen LogP contribution in [0.15, 0.2) is 16.6 Å². The lowest BCUT2D eigenvalue weighted by molar-refractivity contribution is 0.100. The Labute approximate surface area is 85.1 Å². The van der Waals surface area contributed by atoms with E-state index in [1.54, 1.807) is 6.07 Å². The standard InChI is InChI=1S/C10H9BrO2/c1-6-3-8(5-12)10(7(2)13)9(11)4-6/h3-5H,1-2H3. The zero-order chi connectivity index (χ0) is 10.0. The van der Waals surface area contributed by atoms with Crippen molar-refractivity contribution >= 4 is 28.0 Å². The highest BCUT2D eigenvalue weighted by atomic mass is 79.9. The summed E-state index contributed by atoms with van der Waals surface area (Å²) in [4.78, 5) is 21.8. The first-order valence-corrected chi connectivity index (χ1v) is 4.62. The van der Waals surface area contributed by atoms with Gasteiger partial charge in [-0.15, -0.1) is 0 Å². The molecule has 0 bridgehead atoms. The number of carbonyl (C=O) groups excluding carboxylic acids is 2. The Morgan fingerprint density at radius 2 is 2.08 bits per heavy atom. The van der Waals surface area contributed by atoms with Crippen molar-refractivity contribution in [2.75, 3.05) is 0 Å². The maximum atomic E-state index is 11.2. The number of aryl methyl sites for hydroxylation is 1. The van der Waals surface area contributed by atoms with Crippen molar-refractivity contribution in [3.8, 4) is 0 Å². The molecule has 0 atom stereocenters. The Hall–Kier alpha value is -0.960. The first-order valence-electron chi connectivity index (χ1n) is 3.82.